The second kappa shape index (κ2) is 13.0. The Morgan fingerprint density at radius 3 is 2.28 bits per heavy atom. The van der Waals surface area contributed by atoms with Crippen LogP contribution < -0.4 is 0 Å². The highest BCUT2D eigenvalue weighted by molar-refractivity contribution is 6.74. The molecule has 0 bridgehead atoms. The molecule has 0 N–H and O–H groups in total. The molecule has 0 saturated carbocycles. The summed E-state index contributed by atoms with van der Waals surface area (Å²) < 4.78 is 25.4. The zero-order valence-electron chi connectivity index (χ0n) is 24.5. The third kappa shape index (κ3) is 9.57. The minimum atomic E-state index is -1.98. The maximum absolute atomic E-state index is 9.52. The highest BCUT2D eigenvalue weighted by atomic mass is 28.4. The predicted molar refractivity (Wildman–Crippen MR) is 149 cm³/mol. The SMILES string of the molecule is CC(C)[C@H](OCc1ccccc1)[C@@H](C)CC[C@@H](C[C@H]1CC(C#N)OC(C)(C)O1)O[Si](C)(C)C(C)(C)C. The number of hydrogen-bond donors (Lipinski definition) is 0. The fourth-order valence-electron chi connectivity index (χ4n) is 4.84. The predicted octanol–water partition coefficient (Wildman–Crippen LogP) is 7.86. The van der Waals surface area contributed by atoms with Crippen molar-refractivity contribution in [1.82, 2.24) is 0 Å². The van der Waals surface area contributed by atoms with Gasteiger partial charge in [-0.1, -0.05) is 71.9 Å². The van der Waals surface area contributed by atoms with Crippen LogP contribution >= 0.6 is 0 Å². The van der Waals surface area contributed by atoms with Crippen LogP contribution in [0.5, 0.6) is 0 Å². The first kappa shape index (κ1) is 31.0. The van der Waals surface area contributed by atoms with Gasteiger partial charge in [0.25, 0.3) is 0 Å². The largest absolute Gasteiger partial charge is 0.414 e. The van der Waals surface area contributed by atoms with Crippen molar-refractivity contribution in [2.45, 2.75) is 136 Å². The Hall–Kier alpha value is -1.23. The van der Waals surface area contributed by atoms with Gasteiger partial charge in [0.1, 0.15) is 6.10 Å². The number of nitrogens with zero attached hydrogens (tertiary/aromatic N) is 1. The molecule has 0 aromatic heterocycles. The molecule has 1 unspecified atom stereocenters. The van der Waals surface area contributed by atoms with Crippen molar-refractivity contribution in [2.75, 3.05) is 0 Å². The first-order valence-electron chi connectivity index (χ1n) is 13.7. The van der Waals surface area contributed by atoms with E-state index >= 15 is 0 Å². The van der Waals surface area contributed by atoms with Gasteiger partial charge < -0.3 is 18.6 Å². The van der Waals surface area contributed by atoms with E-state index in [1.54, 1.807) is 0 Å². The van der Waals surface area contributed by atoms with E-state index in [4.69, 9.17) is 18.6 Å². The van der Waals surface area contributed by atoms with Crippen LogP contribution in [0.2, 0.25) is 18.1 Å². The molecule has 2 rings (SSSR count). The number of rotatable bonds is 12. The summed E-state index contributed by atoms with van der Waals surface area (Å²) in [4.78, 5) is 0. The van der Waals surface area contributed by atoms with Crippen LogP contribution in [0.4, 0.5) is 0 Å². The smallest absolute Gasteiger partial charge is 0.192 e. The minimum Gasteiger partial charge on any atom is -0.414 e. The van der Waals surface area contributed by atoms with E-state index in [1.165, 1.54) is 5.56 Å². The van der Waals surface area contributed by atoms with Crippen molar-refractivity contribution in [3.8, 4) is 6.07 Å². The first-order valence-corrected chi connectivity index (χ1v) is 16.6. The third-order valence-corrected chi connectivity index (χ3v) is 12.3. The Kier molecular flexibility index (Phi) is 11.2. The summed E-state index contributed by atoms with van der Waals surface area (Å²) in [5.74, 6) is 0.0733. The lowest BCUT2D eigenvalue weighted by Gasteiger charge is -2.43. The average Bonchev–Trinajstić information content (AvgIpc) is 2.76. The van der Waals surface area contributed by atoms with Gasteiger partial charge >= 0.3 is 0 Å². The maximum atomic E-state index is 9.52. The van der Waals surface area contributed by atoms with Crippen LogP contribution in [0.15, 0.2) is 30.3 Å². The van der Waals surface area contributed by atoms with E-state index < -0.39 is 20.2 Å². The van der Waals surface area contributed by atoms with Crippen molar-refractivity contribution in [3.05, 3.63) is 35.9 Å². The summed E-state index contributed by atoms with van der Waals surface area (Å²) in [6.07, 6.45) is 3.09. The molecular weight excluding hydrogens is 466 g/mol. The van der Waals surface area contributed by atoms with Gasteiger partial charge in [0.15, 0.2) is 14.1 Å². The Balaban J connectivity index is 2.10. The molecule has 1 saturated heterocycles. The van der Waals surface area contributed by atoms with Crippen molar-refractivity contribution in [2.24, 2.45) is 11.8 Å². The van der Waals surface area contributed by atoms with E-state index in [1.807, 2.05) is 19.9 Å². The van der Waals surface area contributed by atoms with Crippen molar-refractivity contribution in [3.63, 3.8) is 0 Å². The Morgan fingerprint density at radius 2 is 1.72 bits per heavy atom. The molecule has 0 amide bonds. The highest BCUT2D eigenvalue weighted by Gasteiger charge is 2.41. The van der Waals surface area contributed by atoms with Crippen LogP contribution in [0.1, 0.15) is 86.6 Å². The summed E-state index contributed by atoms with van der Waals surface area (Å²) in [5, 5.41) is 9.65. The normalized spacial score (nSPS) is 23.2. The molecule has 1 heterocycles. The number of hydrogen-bond acceptors (Lipinski definition) is 5. The maximum Gasteiger partial charge on any atom is 0.192 e. The number of ether oxygens (including phenoxy) is 3. The van der Waals surface area contributed by atoms with Crippen LogP contribution in [-0.4, -0.2) is 38.5 Å². The summed E-state index contributed by atoms with van der Waals surface area (Å²) in [6, 6.07) is 12.7. The van der Waals surface area contributed by atoms with E-state index in [9.17, 15) is 5.26 Å². The van der Waals surface area contributed by atoms with Crippen LogP contribution in [0.3, 0.4) is 0 Å². The van der Waals surface area contributed by atoms with Crippen molar-refractivity contribution >= 4 is 8.32 Å². The van der Waals surface area contributed by atoms with Gasteiger partial charge in [-0.05, 0) is 68.6 Å². The van der Waals surface area contributed by atoms with E-state index in [2.05, 4.69) is 85.0 Å². The van der Waals surface area contributed by atoms with Gasteiger partial charge in [0.2, 0.25) is 0 Å². The molecule has 1 aromatic rings. The van der Waals surface area contributed by atoms with Crippen LogP contribution in [-0.2, 0) is 25.2 Å². The summed E-state index contributed by atoms with van der Waals surface area (Å²) in [7, 11) is -1.98. The molecule has 0 spiro atoms. The molecule has 1 aliphatic heterocycles. The Labute approximate surface area is 222 Å². The highest BCUT2D eigenvalue weighted by Crippen LogP contribution is 2.39. The molecular formula is C30H51NO4Si. The molecule has 1 fully saturated rings. The van der Waals surface area contributed by atoms with Gasteiger partial charge in [-0.25, -0.2) is 0 Å². The van der Waals surface area contributed by atoms with Gasteiger partial charge in [-0.3, -0.25) is 0 Å². The molecule has 1 aromatic carbocycles. The summed E-state index contributed by atoms with van der Waals surface area (Å²) >= 11 is 0. The second-order valence-electron chi connectivity index (χ2n) is 12.9. The van der Waals surface area contributed by atoms with E-state index in [0.29, 0.717) is 24.9 Å². The quantitative estimate of drug-likeness (QED) is 0.264. The Morgan fingerprint density at radius 1 is 1.08 bits per heavy atom. The molecule has 204 valence electrons. The molecule has 36 heavy (non-hydrogen) atoms. The summed E-state index contributed by atoms with van der Waals surface area (Å²) in [6.45, 7) is 22.7. The van der Waals surface area contributed by atoms with Gasteiger partial charge in [0, 0.05) is 12.5 Å². The molecule has 6 heteroatoms. The van der Waals surface area contributed by atoms with Crippen LogP contribution in [0.25, 0.3) is 0 Å². The van der Waals surface area contributed by atoms with Gasteiger partial charge in [0.05, 0.1) is 24.9 Å². The minimum absolute atomic E-state index is 0.0568. The molecule has 5 nitrogen and oxygen atoms in total. The number of benzene rings is 1. The van der Waals surface area contributed by atoms with Gasteiger partial charge in [-0.15, -0.1) is 0 Å². The lowest BCUT2D eigenvalue weighted by Crippen LogP contribution is -2.48. The van der Waals surface area contributed by atoms with Crippen molar-refractivity contribution < 1.29 is 18.6 Å². The lowest BCUT2D eigenvalue weighted by atomic mass is 9.89. The first-order chi connectivity index (χ1) is 16.6. The molecule has 0 radical (unpaired) electrons. The van der Waals surface area contributed by atoms with E-state index in [0.717, 1.165) is 19.3 Å². The fraction of sp³-hybridized carbons (Fsp3) is 0.767. The standard InChI is InChI=1S/C30H51NO4Si/c1-22(2)28(32-21-24-14-12-11-13-15-24)23(3)16-17-25(35-36(9,10)29(4,5)6)18-26-19-27(20-31)34-30(7,8)33-26/h11-15,22-23,25-28H,16-19,21H2,1-10H3/t23-,25-,26-,27?,28-/m0/s1. The monoisotopic (exact) mass is 517 g/mol. The third-order valence-electron chi connectivity index (χ3n) is 7.74. The average molecular weight is 518 g/mol. The zero-order chi connectivity index (χ0) is 27.1. The Bertz CT molecular complexity index is 828. The molecule has 5 atom stereocenters. The summed E-state index contributed by atoms with van der Waals surface area (Å²) in [5.41, 5.74) is 1.21. The lowest BCUT2D eigenvalue weighted by molar-refractivity contribution is -0.291. The topological polar surface area (TPSA) is 60.7 Å². The second-order valence-corrected chi connectivity index (χ2v) is 17.7. The van der Waals surface area contributed by atoms with Crippen molar-refractivity contribution in [1.29, 1.82) is 5.26 Å². The van der Waals surface area contributed by atoms with E-state index in [-0.39, 0.29) is 23.4 Å². The van der Waals surface area contributed by atoms with Crippen LogP contribution in [0, 0.1) is 23.2 Å². The number of nitriles is 1. The van der Waals surface area contributed by atoms with Gasteiger partial charge in [-0.2, -0.15) is 5.26 Å². The zero-order valence-corrected chi connectivity index (χ0v) is 25.5. The fourth-order valence-corrected chi connectivity index (χ4v) is 6.24. The molecule has 1 aliphatic rings. The molecule has 0 aliphatic carbocycles.